The third kappa shape index (κ3) is 5.68. The van der Waals surface area contributed by atoms with E-state index in [1.165, 1.54) is 0 Å². The van der Waals surface area contributed by atoms with Gasteiger partial charge in [0, 0.05) is 11.9 Å². The van der Waals surface area contributed by atoms with Crippen LogP contribution in [0.15, 0.2) is 46.6 Å². The monoisotopic (exact) mass is 204 g/mol. The summed E-state index contributed by atoms with van der Waals surface area (Å²) < 4.78 is 0. The van der Waals surface area contributed by atoms with E-state index in [4.69, 9.17) is 5.73 Å². The lowest BCUT2D eigenvalue weighted by Crippen LogP contribution is -1.95. The minimum absolute atomic E-state index is 0.805. The Labute approximate surface area is 92.5 Å². The van der Waals surface area contributed by atoms with Gasteiger partial charge in [-0.3, -0.25) is 4.99 Å². The van der Waals surface area contributed by atoms with E-state index in [9.17, 15) is 0 Å². The summed E-state index contributed by atoms with van der Waals surface area (Å²) in [6, 6.07) is 9.79. The molecule has 0 unspecified atom stereocenters. The number of rotatable bonds is 2. The number of hydrogen-bond donors (Lipinski definition) is 1. The molecule has 82 valence electrons. The van der Waals surface area contributed by atoms with Crippen molar-refractivity contribution in [2.45, 2.75) is 27.7 Å². The maximum atomic E-state index is 5.59. The Morgan fingerprint density at radius 3 is 2.13 bits per heavy atom. The van der Waals surface area contributed by atoms with Crippen LogP contribution < -0.4 is 5.73 Å². The third-order valence-corrected chi connectivity index (χ3v) is 1.79. The number of allylic oxidation sites excluding steroid dienone is 2. The zero-order valence-electron chi connectivity index (χ0n) is 9.99. The van der Waals surface area contributed by atoms with Gasteiger partial charge in [-0.25, -0.2) is 0 Å². The van der Waals surface area contributed by atoms with Crippen LogP contribution in [0.5, 0.6) is 0 Å². The Balaban J connectivity index is 0.000000921. The van der Waals surface area contributed by atoms with Crippen molar-refractivity contribution in [1.29, 1.82) is 0 Å². The highest BCUT2D eigenvalue weighted by Gasteiger charge is 1.87. The van der Waals surface area contributed by atoms with E-state index in [1.54, 1.807) is 6.21 Å². The van der Waals surface area contributed by atoms with E-state index in [0.717, 1.165) is 17.0 Å². The second-order valence-corrected chi connectivity index (χ2v) is 2.96. The molecule has 1 aromatic carbocycles. The lowest BCUT2D eigenvalue weighted by molar-refractivity contribution is 1.26. The molecule has 0 aliphatic carbocycles. The standard InChI is InChI=1S/C11H14N2.C2H6/c1-9(10(2)12)8-13-11-6-4-3-5-7-11;1-2/h3-8H,12H2,1-2H3;1-2H3/b10-9-,13-8?;. The minimum Gasteiger partial charge on any atom is -0.402 e. The highest BCUT2D eigenvalue weighted by atomic mass is 14.7. The van der Waals surface area contributed by atoms with Crippen LogP contribution in [0.4, 0.5) is 5.69 Å². The van der Waals surface area contributed by atoms with Crippen molar-refractivity contribution in [3.05, 3.63) is 41.6 Å². The molecule has 2 nitrogen and oxygen atoms in total. The Morgan fingerprint density at radius 1 is 1.13 bits per heavy atom. The Bertz CT molecular complexity index is 320. The molecule has 0 amide bonds. The summed E-state index contributed by atoms with van der Waals surface area (Å²) in [6.07, 6.45) is 1.78. The number of hydrogen-bond acceptors (Lipinski definition) is 2. The molecule has 1 aromatic rings. The zero-order chi connectivity index (χ0) is 11.7. The lowest BCUT2D eigenvalue weighted by atomic mass is 10.2. The van der Waals surface area contributed by atoms with Crippen molar-refractivity contribution >= 4 is 11.9 Å². The molecular formula is C13H20N2. The van der Waals surface area contributed by atoms with Crippen LogP contribution >= 0.6 is 0 Å². The quantitative estimate of drug-likeness (QED) is 0.733. The molecule has 0 atom stereocenters. The highest BCUT2D eigenvalue weighted by Crippen LogP contribution is 2.09. The van der Waals surface area contributed by atoms with E-state index in [-0.39, 0.29) is 0 Å². The summed E-state index contributed by atoms with van der Waals surface area (Å²) >= 11 is 0. The molecule has 0 heterocycles. The Kier molecular flexibility index (Phi) is 6.98. The molecule has 0 spiro atoms. The van der Waals surface area contributed by atoms with Gasteiger partial charge in [0.15, 0.2) is 0 Å². The van der Waals surface area contributed by atoms with Gasteiger partial charge >= 0.3 is 0 Å². The van der Waals surface area contributed by atoms with Gasteiger partial charge in [0.1, 0.15) is 0 Å². The van der Waals surface area contributed by atoms with Crippen LogP contribution in [0.3, 0.4) is 0 Å². The van der Waals surface area contributed by atoms with Crippen LogP contribution in [0.1, 0.15) is 27.7 Å². The van der Waals surface area contributed by atoms with Crippen molar-refractivity contribution in [3.63, 3.8) is 0 Å². The van der Waals surface area contributed by atoms with Gasteiger partial charge in [-0.15, -0.1) is 0 Å². The minimum atomic E-state index is 0.805. The summed E-state index contributed by atoms with van der Waals surface area (Å²) in [5.41, 5.74) is 8.34. The van der Waals surface area contributed by atoms with Crippen LogP contribution in [0.2, 0.25) is 0 Å². The molecule has 0 radical (unpaired) electrons. The first-order valence-electron chi connectivity index (χ1n) is 5.22. The largest absolute Gasteiger partial charge is 0.402 e. The second kappa shape index (κ2) is 7.80. The predicted molar refractivity (Wildman–Crippen MR) is 68.5 cm³/mol. The maximum absolute atomic E-state index is 5.59. The van der Waals surface area contributed by atoms with Gasteiger partial charge in [0.25, 0.3) is 0 Å². The van der Waals surface area contributed by atoms with Crippen LogP contribution in [0, 0.1) is 0 Å². The fraction of sp³-hybridized carbons (Fsp3) is 0.308. The van der Waals surface area contributed by atoms with Gasteiger partial charge in [0.05, 0.1) is 5.69 Å². The Hall–Kier alpha value is -1.57. The van der Waals surface area contributed by atoms with E-state index in [0.29, 0.717) is 0 Å². The fourth-order valence-electron chi connectivity index (χ4n) is 0.787. The van der Waals surface area contributed by atoms with Crippen molar-refractivity contribution in [1.82, 2.24) is 0 Å². The molecule has 0 aromatic heterocycles. The molecule has 0 bridgehead atoms. The number of para-hydroxylation sites is 1. The van der Waals surface area contributed by atoms with Crippen molar-refractivity contribution in [3.8, 4) is 0 Å². The molecule has 2 N–H and O–H groups in total. The number of nitrogens with zero attached hydrogens (tertiary/aromatic N) is 1. The van der Waals surface area contributed by atoms with Gasteiger partial charge in [0.2, 0.25) is 0 Å². The second-order valence-electron chi connectivity index (χ2n) is 2.96. The SMILES string of the molecule is C/C(N)=C(\C)C=Nc1ccccc1.CC. The topological polar surface area (TPSA) is 38.4 Å². The first kappa shape index (κ1) is 13.4. The lowest BCUT2D eigenvalue weighted by Gasteiger charge is -1.95. The smallest absolute Gasteiger partial charge is 0.0629 e. The summed E-state index contributed by atoms with van der Waals surface area (Å²) in [5.74, 6) is 0. The summed E-state index contributed by atoms with van der Waals surface area (Å²) in [6.45, 7) is 7.81. The fourth-order valence-corrected chi connectivity index (χ4v) is 0.787. The molecule has 0 saturated carbocycles. The normalized spacial score (nSPS) is 11.7. The molecule has 15 heavy (non-hydrogen) atoms. The number of nitrogens with two attached hydrogens (primary N) is 1. The van der Waals surface area contributed by atoms with Crippen LogP contribution in [0.25, 0.3) is 0 Å². The molecule has 1 rings (SSSR count). The first-order valence-corrected chi connectivity index (χ1v) is 5.22. The summed E-state index contributed by atoms with van der Waals surface area (Å²) in [7, 11) is 0. The van der Waals surface area contributed by atoms with Gasteiger partial charge in [-0.05, 0) is 31.6 Å². The average molecular weight is 204 g/mol. The molecule has 0 saturated heterocycles. The highest BCUT2D eigenvalue weighted by molar-refractivity contribution is 5.80. The molecule has 2 heteroatoms. The van der Waals surface area contributed by atoms with Crippen molar-refractivity contribution in [2.75, 3.05) is 0 Å². The van der Waals surface area contributed by atoms with E-state index >= 15 is 0 Å². The molecule has 0 aliphatic heterocycles. The first-order chi connectivity index (χ1) is 7.20. The van der Waals surface area contributed by atoms with E-state index < -0.39 is 0 Å². The van der Waals surface area contributed by atoms with Gasteiger partial charge < -0.3 is 5.73 Å². The summed E-state index contributed by atoms with van der Waals surface area (Å²) in [4.78, 5) is 4.26. The molecule has 0 aliphatic rings. The van der Waals surface area contributed by atoms with Crippen LogP contribution in [-0.2, 0) is 0 Å². The van der Waals surface area contributed by atoms with Gasteiger partial charge in [-0.1, -0.05) is 32.0 Å². The molecular weight excluding hydrogens is 184 g/mol. The van der Waals surface area contributed by atoms with E-state index in [2.05, 4.69) is 4.99 Å². The van der Waals surface area contributed by atoms with Crippen LogP contribution in [-0.4, -0.2) is 6.21 Å². The van der Waals surface area contributed by atoms with E-state index in [1.807, 2.05) is 58.0 Å². The average Bonchev–Trinajstić information content (AvgIpc) is 2.30. The third-order valence-electron chi connectivity index (χ3n) is 1.79. The van der Waals surface area contributed by atoms with Crippen molar-refractivity contribution < 1.29 is 0 Å². The predicted octanol–water partition coefficient (Wildman–Crippen LogP) is 3.67. The van der Waals surface area contributed by atoms with Gasteiger partial charge in [-0.2, -0.15) is 0 Å². The summed E-state index contributed by atoms with van der Waals surface area (Å²) in [5, 5.41) is 0. The molecule has 0 fully saturated rings. The Morgan fingerprint density at radius 2 is 1.67 bits per heavy atom. The van der Waals surface area contributed by atoms with Crippen molar-refractivity contribution in [2.24, 2.45) is 10.7 Å². The maximum Gasteiger partial charge on any atom is 0.0629 e. The number of aliphatic imine (C=N–C) groups is 1. The number of benzene rings is 1. The zero-order valence-corrected chi connectivity index (χ0v) is 9.99.